The van der Waals surface area contributed by atoms with Crippen molar-refractivity contribution in [2.75, 3.05) is 0 Å². The molecule has 0 radical (unpaired) electrons. The van der Waals surface area contributed by atoms with Gasteiger partial charge >= 0.3 is 0 Å². The van der Waals surface area contributed by atoms with Crippen molar-refractivity contribution in [2.24, 2.45) is 0 Å². The molecule has 0 aliphatic heterocycles. The molecule has 5 nitrogen and oxygen atoms in total. The van der Waals surface area contributed by atoms with E-state index in [1.807, 2.05) is 48.8 Å². The number of benzene rings is 5. The lowest BCUT2D eigenvalue weighted by molar-refractivity contribution is 0.484. The molecule has 0 aliphatic carbocycles. The lowest BCUT2D eigenvalue weighted by Gasteiger charge is -2.13. The molecule has 43 heavy (non-hydrogen) atoms. The maximum absolute atomic E-state index is 6.56. The van der Waals surface area contributed by atoms with Gasteiger partial charge in [-0.15, -0.1) is 0 Å². The van der Waals surface area contributed by atoms with Crippen LogP contribution in [0.2, 0.25) is 0 Å². The number of fused-ring (bicyclic) bond motifs is 9. The summed E-state index contributed by atoms with van der Waals surface area (Å²) in [5.74, 6) is 2.39. The summed E-state index contributed by atoms with van der Waals surface area (Å²) in [6.07, 6.45) is 3.79. The molecule has 0 aliphatic rings. The predicted molar refractivity (Wildman–Crippen MR) is 174 cm³/mol. The molecule has 4 heterocycles. The molecule has 0 saturated carbocycles. The number of pyridine rings is 2. The zero-order valence-corrected chi connectivity index (χ0v) is 23.1. The first-order valence-electron chi connectivity index (χ1n) is 14.3. The molecule has 0 amide bonds. The Morgan fingerprint density at radius 1 is 0.488 bits per heavy atom. The molecule has 0 fully saturated rings. The van der Waals surface area contributed by atoms with E-state index in [9.17, 15) is 0 Å². The van der Waals surface area contributed by atoms with Crippen LogP contribution in [-0.2, 0) is 0 Å². The van der Waals surface area contributed by atoms with Crippen molar-refractivity contribution in [3.8, 4) is 28.6 Å². The molecule has 9 rings (SSSR count). The van der Waals surface area contributed by atoms with E-state index in [1.54, 1.807) is 0 Å². The normalized spacial score (nSPS) is 11.7. The summed E-state index contributed by atoms with van der Waals surface area (Å²) >= 11 is 0. The van der Waals surface area contributed by atoms with Gasteiger partial charge in [-0.25, -0.2) is 9.97 Å². The molecule has 202 valence electrons. The van der Waals surface area contributed by atoms with Gasteiger partial charge in [-0.2, -0.15) is 0 Å². The number of hydrogen-bond acceptors (Lipinski definition) is 3. The van der Waals surface area contributed by atoms with Crippen molar-refractivity contribution in [3.63, 3.8) is 0 Å². The molecule has 5 aromatic carbocycles. The van der Waals surface area contributed by atoms with Gasteiger partial charge in [0.2, 0.25) is 0 Å². The molecule has 0 spiro atoms. The van der Waals surface area contributed by atoms with E-state index in [0.29, 0.717) is 0 Å². The minimum Gasteiger partial charge on any atom is -0.457 e. The molecule has 0 atom stereocenters. The van der Waals surface area contributed by atoms with E-state index in [4.69, 9.17) is 9.72 Å². The fourth-order valence-corrected chi connectivity index (χ4v) is 6.38. The highest BCUT2D eigenvalue weighted by atomic mass is 16.5. The third kappa shape index (κ3) is 3.65. The van der Waals surface area contributed by atoms with Crippen LogP contribution in [0.25, 0.3) is 66.2 Å². The number of rotatable bonds is 4. The SMILES string of the molecule is c1ccc(-c2cnc3c4cc(Oc5ccc6c7ccccc7n(-c7ccccn7)c6c5)ccc4c4ccccc4n23)cc1. The van der Waals surface area contributed by atoms with Gasteiger partial charge in [-0.1, -0.05) is 72.8 Å². The van der Waals surface area contributed by atoms with E-state index in [-0.39, 0.29) is 0 Å². The fraction of sp³-hybridized carbons (Fsp3) is 0. The molecule has 5 heteroatoms. The standard InChI is InChI=1S/C38H24N4O/c1-2-10-25(11-3-1)36-24-40-38-32-22-26(17-19-28(32)29-12-4-7-15-34(29)42(36)38)43-27-18-20-31-30-13-5-6-14-33(30)41(35(31)23-27)37-16-8-9-21-39-37/h1-24H. The van der Waals surface area contributed by atoms with Gasteiger partial charge in [0.15, 0.2) is 0 Å². The Labute approximate surface area is 246 Å². The van der Waals surface area contributed by atoms with Crippen LogP contribution in [0, 0.1) is 0 Å². The molecule has 0 saturated heterocycles. The van der Waals surface area contributed by atoms with Crippen molar-refractivity contribution in [2.45, 2.75) is 0 Å². The second-order valence-electron chi connectivity index (χ2n) is 10.7. The summed E-state index contributed by atoms with van der Waals surface area (Å²) in [7, 11) is 0. The van der Waals surface area contributed by atoms with Crippen molar-refractivity contribution >= 4 is 49.1 Å². The lowest BCUT2D eigenvalue weighted by Crippen LogP contribution is -1.96. The smallest absolute Gasteiger partial charge is 0.145 e. The molecule has 4 aromatic heterocycles. The van der Waals surface area contributed by atoms with Crippen LogP contribution in [0.4, 0.5) is 0 Å². The number of ether oxygens (including phenoxy) is 1. The highest BCUT2D eigenvalue weighted by molar-refractivity contribution is 6.13. The first kappa shape index (κ1) is 23.7. The Bertz CT molecular complexity index is 2480. The topological polar surface area (TPSA) is 44.3 Å². The summed E-state index contributed by atoms with van der Waals surface area (Å²) in [6.45, 7) is 0. The summed E-state index contributed by atoms with van der Waals surface area (Å²) in [6, 6.07) is 45.9. The third-order valence-corrected chi connectivity index (χ3v) is 8.26. The first-order chi connectivity index (χ1) is 21.3. The molecule has 0 unspecified atom stereocenters. The first-order valence-corrected chi connectivity index (χ1v) is 14.3. The number of imidazole rings is 1. The quantitative estimate of drug-likeness (QED) is 0.204. The van der Waals surface area contributed by atoms with Crippen LogP contribution in [0.5, 0.6) is 11.5 Å². The lowest BCUT2D eigenvalue weighted by atomic mass is 10.0. The Hall–Kier alpha value is -5.94. The number of hydrogen-bond donors (Lipinski definition) is 0. The zero-order chi connectivity index (χ0) is 28.3. The van der Waals surface area contributed by atoms with Crippen molar-refractivity contribution < 1.29 is 4.74 Å². The van der Waals surface area contributed by atoms with E-state index < -0.39 is 0 Å². The van der Waals surface area contributed by atoms with Crippen LogP contribution in [0.3, 0.4) is 0 Å². The molecule has 9 aromatic rings. The molecular formula is C38H24N4O. The maximum atomic E-state index is 6.56. The minimum atomic E-state index is 0.758. The Kier molecular flexibility index (Phi) is 5.13. The van der Waals surface area contributed by atoms with Gasteiger partial charge in [0, 0.05) is 39.4 Å². The predicted octanol–water partition coefficient (Wildman–Crippen LogP) is 9.59. The minimum absolute atomic E-state index is 0.758. The fourth-order valence-electron chi connectivity index (χ4n) is 6.38. The highest BCUT2D eigenvalue weighted by Gasteiger charge is 2.16. The zero-order valence-electron chi connectivity index (χ0n) is 23.1. The summed E-state index contributed by atoms with van der Waals surface area (Å²) in [5.41, 5.74) is 6.39. The van der Waals surface area contributed by atoms with E-state index in [2.05, 4.69) is 111 Å². The second-order valence-corrected chi connectivity index (χ2v) is 10.7. The van der Waals surface area contributed by atoms with Gasteiger partial charge in [0.25, 0.3) is 0 Å². The van der Waals surface area contributed by atoms with Crippen LogP contribution in [-0.4, -0.2) is 18.9 Å². The summed E-state index contributed by atoms with van der Waals surface area (Å²) in [4.78, 5) is 9.59. The summed E-state index contributed by atoms with van der Waals surface area (Å²) in [5, 5.41) is 5.70. The van der Waals surface area contributed by atoms with Crippen LogP contribution >= 0.6 is 0 Å². The number of nitrogens with zero attached hydrogens (tertiary/aromatic N) is 4. The monoisotopic (exact) mass is 552 g/mol. The van der Waals surface area contributed by atoms with E-state index >= 15 is 0 Å². The Balaban J connectivity index is 1.22. The van der Waals surface area contributed by atoms with Crippen LogP contribution < -0.4 is 4.74 Å². The van der Waals surface area contributed by atoms with Gasteiger partial charge in [0.1, 0.15) is 23.0 Å². The van der Waals surface area contributed by atoms with Crippen LogP contribution in [0.1, 0.15) is 0 Å². The van der Waals surface area contributed by atoms with Crippen molar-refractivity contribution in [3.05, 3.63) is 146 Å². The second kappa shape index (κ2) is 9.29. The van der Waals surface area contributed by atoms with Gasteiger partial charge in [-0.05, 0) is 60.0 Å². The summed E-state index contributed by atoms with van der Waals surface area (Å²) < 4.78 is 11.0. The largest absolute Gasteiger partial charge is 0.457 e. The van der Waals surface area contributed by atoms with Crippen molar-refractivity contribution in [1.82, 2.24) is 18.9 Å². The molecule has 0 N–H and O–H groups in total. The van der Waals surface area contributed by atoms with E-state index in [0.717, 1.165) is 66.9 Å². The van der Waals surface area contributed by atoms with Crippen LogP contribution in [0.15, 0.2) is 146 Å². The number of aromatic nitrogens is 4. The maximum Gasteiger partial charge on any atom is 0.145 e. The van der Waals surface area contributed by atoms with E-state index in [1.165, 1.54) is 10.8 Å². The highest BCUT2D eigenvalue weighted by Crippen LogP contribution is 2.38. The average Bonchev–Trinajstić information content (AvgIpc) is 3.66. The number of para-hydroxylation sites is 2. The van der Waals surface area contributed by atoms with Gasteiger partial charge < -0.3 is 4.74 Å². The molecular weight excluding hydrogens is 528 g/mol. The van der Waals surface area contributed by atoms with Gasteiger partial charge in [-0.3, -0.25) is 8.97 Å². The third-order valence-electron chi connectivity index (χ3n) is 8.26. The van der Waals surface area contributed by atoms with Gasteiger partial charge in [0.05, 0.1) is 28.4 Å². The molecule has 0 bridgehead atoms. The Morgan fingerprint density at radius 2 is 1.16 bits per heavy atom. The Morgan fingerprint density at radius 3 is 1.98 bits per heavy atom. The average molecular weight is 553 g/mol. The van der Waals surface area contributed by atoms with Crippen molar-refractivity contribution in [1.29, 1.82) is 0 Å².